The number of amides is 1. The Kier molecular flexibility index (Phi) is 3.32. The molecule has 0 bridgehead atoms. The minimum absolute atomic E-state index is 0.167. The van der Waals surface area contributed by atoms with Gasteiger partial charge in [0.05, 0.1) is 11.8 Å². The predicted octanol–water partition coefficient (Wildman–Crippen LogP) is 1.24. The van der Waals surface area contributed by atoms with E-state index in [2.05, 4.69) is 10.4 Å². The SMILES string of the molecule is Cc1cccc(C(=O)NCc2cnn(C)c2)c1N. The van der Waals surface area contributed by atoms with Crippen molar-refractivity contribution in [2.24, 2.45) is 7.05 Å². The molecule has 18 heavy (non-hydrogen) atoms. The fourth-order valence-corrected chi connectivity index (χ4v) is 1.72. The van der Waals surface area contributed by atoms with Crippen LogP contribution in [0.25, 0.3) is 0 Å². The van der Waals surface area contributed by atoms with Crippen LogP contribution in [0.2, 0.25) is 0 Å². The van der Waals surface area contributed by atoms with E-state index in [-0.39, 0.29) is 5.91 Å². The maximum absolute atomic E-state index is 12.0. The molecule has 1 aromatic carbocycles. The summed E-state index contributed by atoms with van der Waals surface area (Å²) in [6.07, 6.45) is 3.58. The lowest BCUT2D eigenvalue weighted by Gasteiger charge is -2.08. The lowest BCUT2D eigenvalue weighted by molar-refractivity contribution is 0.0951. The van der Waals surface area contributed by atoms with Crippen molar-refractivity contribution in [3.8, 4) is 0 Å². The maximum atomic E-state index is 12.0. The van der Waals surface area contributed by atoms with E-state index in [4.69, 9.17) is 5.73 Å². The number of benzene rings is 1. The number of carbonyl (C=O) groups is 1. The lowest BCUT2D eigenvalue weighted by atomic mass is 10.1. The van der Waals surface area contributed by atoms with Crippen LogP contribution in [0.1, 0.15) is 21.5 Å². The Balaban J connectivity index is 2.06. The van der Waals surface area contributed by atoms with Crippen LogP contribution in [0.3, 0.4) is 0 Å². The van der Waals surface area contributed by atoms with Gasteiger partial charge < -0.3 is 11.1 Å². The first-order chi connectivity index (χ1) is 8.58. The Morgan fingerprint density at radius 2 is 2.28 bits per heavy atom. The minimum atomic E-state index is -0.167. The largest absolute Gasteiger partial charge is 0.398 e. The third kappa shape index (κ3) is 2.51. The zero-order valence-corrected chi connectivity index (χ0v) is 10.5. The van der Waals surface area contributed by atoms with Gasteiger partial charge in [-0.05, 0) is 18.6 Å². The number of rotatable bonds is 3. The molecule has 0 saturated carbocycles. The van der Waals surface area contributed by atoms with Gasteiger partial charge >= 0.3 is 0 Å². The van der Waals surface area contributed by atoms with Crippen LogP contribution in [-0.2, 0) is 13.6 Å². The summed E-state index contributed by atoms with van der Waals surface area (Å²) in [5, 5.41) is 6.86. The molecule has 0 saturated heterocycles. The van der Waals surface area contributed by atoms with Gasteiger partial charge in [-0.25, -0.2) is 0 Å². The van der Waals surface area contributed by atoms with Gasteiger partial charge in [0.25, 0.3) is 5.91 Å². The lowest BCUT2D eigenvalue weighted by Crippen LogP contribution is -2.23. The third-order valence-corrected chi connectivity index (χ3v) is 2.78. The van der Waals surface area contributed by atoms with E-state index in [1.165, 1.54) is 0 Å². The molecule has 0 radical (unpaired) electrons. The normalized spacial score (nSPS) is 10.3. The topological polar surface area (TPSA) is 72.9 Å². The van der Waals surface area contributed by atoms with E-state index in [0.717, 1.165) is 11.1 Å². The van der Waals surface area contributed by atoms with E-state index in [9.17, 15) is 4.79 Å². The molecule has 5 nitrogen and oxygen atoms in total. The number of nitrogens with one attached hydrogen (secondary N) is 1. The Hall–Kier alpha value is -2.30. The second-order valence-corrected chi connectivity index (χ2v) is 4.24. The molecule has 0 spiro atoms. The summed E-state index contributed by atoms with van der Waals surface area (Å²) in [6, 6.07) is 5.43. The number of nitrogens with zero attached hydrogens (tertiary/aromatic N) is 2. The number of para-hydroxylation sites is 1. The molecule has 2 aromatic rings. The van der Waals surface area contributed by atoms with Gasteiger partial charge in [-0.1, -0.05) is 12.1 Å². The smallest absolute Gasteiger partial charge is 0.253 e. The summed E-state index contributed by atoms with van der Waals surface area (Å²) in [6.45, 7) is 2.33. The number of carbonyl (C=O) groups excluding carboxylic acids is 1. The van der Waals surface area contributed by atoms with Gasteiger partial charge in [0.2, 0.25) is 0 Å². The van der Waals surface area contributed by atoms with Gasteiger partial charge in [0.15, 0.2) is 0 Å². The fraction of sp³-hybridized carbons (Fsp3) is 0.231. The summed E-state index contributed by atoms with van der Waals surface area (Å²) < 4.78 is 1.70. The van der Waals surface area contributed by atoms with Crippen molar-refractivity contribution in [3.63, 3.8) is 0 Å². The first kappa shape index (κ1) is 12.2. The van der Waals surface area contributed by atoms with Crippen molar-refractivity contribution < 1.29 is 4.79 Å². The van der Waals surface area contributed by atoms with E-state index in [0.29, 0.717) is 17.8 Å². The Morgan fingerprint density at radius 1 is 1.50 bits per heavy atom. The van der Waals surface area contributed by atoms with E-state index < -0.39 is 0 Å². The number of hydrogen-bond donors (Lipinski definition) is 2. The quantitative estimate of drug-likeness (QED) is 0.798. The predicted molar refractivity (Wildman–Crippen MR) is 70.0 cm³/mol. The molecular weight excluding hydrogens is 228 g/mol. The summed E-state index contributed by atoms with van der Waals surface area (Å²) >= 11 is 0. The number of nitrogen functional groups attached to an aromatic ring is 1. The van der Waals surface area contributed by atoms with Crippen LogP contribution >= 0.6 is 0 Å². The zero-order valence-electron chi connectivity index (χ0n) is 10.5. The van der Waals surface area contributed by atoms with Crippen molar-refractivity contribution >= 4 is 11.6 Å². The van der Waals surface area contributed by atoms with Gasteiger partial charge in [0, 0.05) is 31.0 Å². The number of aromatic nitrogens is 2. The molecule has 94 valence electrons. The molecule has 0 fully saturated rings. The van der Waals surface area contributed by atoms with Crippen LogP contribution < -0.4 is 11.1 Å². The molecule has 0 unspecified atom stereocenters. The highest BCUT2D eigenvalue weighted by atomic mass is 16.1. The number of aryl methyl sites for hydroxylation is 2. The summed E-state index contributed by atoms with van der Waals surface area (Å²) in [5.41, 5.74) is 8.78. The van der Waals surface area contributed by atoms with Gasteiger partial charge in [-0.3, -0.25) is 9.48 Å². The number of nitrogens with two attached hydrogens (primary N) is 1. The second-order valence-electron chi connectivity index (χ2n) is 4.24. The summed E-state index contributed by atoms with van der Waals surface area (Å²) in [4.78, 5) is 12.0. The van der Waals surface area contributed by atoms with E-state index >= 15 is 0 Å². The van der Waals surface area contributed by atoms with Crippen molar-refractivity contribution in [1.82, 2.24) is 15.1 Å². The van der Waals surface area contributed by atoms with Crippen LogP contribution in [-0.4, -0.2) is 15.7 Å². The van der Waals surface area contributed by atoms with Gasteiger partial charge in [-0.15, -0.1) is 0 Å². The number of hydrogen-bond acceptors (Lipinski definition) is 3. The molecule has 0 atom stereocenters. The molecule has 3 N–H and O–H groups in total. The second kappa shape index (κ2) is 4.91. The maximum Gasteiger partial charge on any atom is 0.253 e. The molecule has 2 rings (SSSR count). The average Bonchev–Trinajstić information content (AvgIpc) is 2.76. The van der Waals surface area contributed by atoms with Gasteiger partial charge in [0.1, 0.15) is 0 Å². The van der Waals surface area contributed by atoms with E-state index in [1.807, 2.05) is 32.3 Å². The first-order valence-electron chi connectivity index (χ1n) is 5.68. The summed E-state index contributed by atoms with van der Waals surface area (Å²) in [5.74, 6) is -0.167. The molecule has 0 aliphatic heterocycles. The first-order valence-corrected chi connectivity index (χ1v) is 5.68. The van der Waals surface area contributed by atoms with Crippen LogP contribution in [0.4, 0.5) is 5.69 Å². The molecule has 0 aliphatic carbocycles. The van der Waals surface area contributed by atoms with Crippen molar-refractivity contribution in [2.75, 3.05) is 5.73 Å². The summed E-state index contributed by atoms with van der Waals surface area (Å²) in [7, 11) is 1.84. The molecule has 1 heterocycles. The number of anilines is 1. The molecular formula is C13H16N4O. The molecule has 1 aromatic heterocycles. The van der Waals surface area contributed by atoms with Gasteiger partial charge in [-0.2, -0.15) is 5.10 Å². The standard InChI is InChI=1S/C13H16N4O/c1-9-4-3-5-11(12(9)14)13(18)15-6-10-7-16-17(2)8-10/h3-5,7-8H,6,14H2,1-2H3,(H,15,18). The molecule has 0 aliphatic rings. The minimum Gasteiger partial charge on any atom is -0.398 e. The average molecular weight is 244 g/mol. The van der Waals surface area contributed by atoms with Crippen molar-refractivity contribution in [1.29, 1.82) is 0 Å². The molecule has 1 amide bonds. The van der Waals surface area contributed by atoms with Crippen molar-refractivity contribution in [2.45, 2.75) is 13.5 Å². The highest BCUT2D eigenvalue weighted by Crippen LogP contribution is 2.16. The Bertz CT molecular complexity index is 574. The van der Waals surface area contributed by atoms with E-state index in [1.54, 1.807) is 16.9 Å². The van der Waals surface area contributed by atoms with Crippen LogP contribution in [0.15, 0.2) is 30.6 Å². The Labute approximate surface area is 106 Å². The van der Waals surface area contributed by atoms with Crippen molar-refractivity contribution in [3.05, 3.63) is 47.3 Å². The zero-order chi connectivity index (χ0) is 13.1. The van der Waals surface area contributed by atoms with Crippen LogP contribution in [0.5, 0.6) is 0 Å². The Morgan fingerprint density at radius 3 is 2.94 bits per heavy atom. The van der Waals surface area contributed by atoms with Crippen LogP contribution in [0, 0.1) is 6.92 Å². The third-order valence-electron chi connectivity index (χ3n) is 2.78. The highest BCUT2D eigenvalue weighted by molar-refractivity contribution is 5.99. The molecule has 5 heteroatoms. The monoisotopic (exact) mass is 244 g/mol. The highest BCUT2D eigenvalue weighted by Gasteiger charge is 2.10. The fourth-order valence-electron chi connectivity index (χ4n) is 1.72.